The summed E-state index contributed by atoms with van der Waals surface area (Å²) in [5.74, 6) is 2.88. The minimum absolute atomic E-state index is 0.116. The predicted molar refractivity (Wildman–Crippen MR) is 98.4 cm³/mol. The van der Waals surface area contributed by atoms with Crippen molar-refractivity contribution in [2.45, 2.75) is 84.7 Å². The van der Waals surface area contributed by atoms with E-state index in [1.54, 1.807) is 0 Å². The van der Waals surface area contributed by atoms with E-state index in [0.29, 0.717) is 17.4 Å². The van der Waals surface area contributed by atoms with Gasteiger partial charge in [0.1, 0.15) is 0 Å². The maximum absolute atomic E-state index is 6.35. The molecule has 0 amide bonds. The van der Waals surface area contributed by atoms with Gasteiger partial charge in [0.05, 0.1) is 0 Å². The Balaban J connectivity index is 3.26. The molecule has 0 saturated heterocycles. The average Bonchev–Trinajstić information content (AvgIpc) is 2.91. The zero-order valence-corrected chi connectivity index (χ0v) is 17.5. The van der Waals surface area contributed by atoms with E-state index in [1.807, 2.05) is 14.2 Å². The first-order valence-corrected chi connectivity index (χ1v) is 11.2. The predicted octanol–water partition coefficient (Wildman–Crippen LogP) is 6.01. The highest BCUT2D eigenvalue weighted by Crippen LogP contribution is 2.60. The van der Waals surface area contributed by atoms with Crippen molar-refractivity contribution >= 4 is 8.56 Å². The van der Waals surface area contributed by atoms with Gasteiger partial charge in [0.15, 0.2) is 0 Å². The molecule has 1 aliphatic rings. The van der Waals surface area contributed by atoms with Crippen LogP contribution in [-0.2, 0) is 8.85 Å². The van der Waals surface area contributed by atoms with Crippen LogP contribution in [0.1, 0.15) is 74.1 Å². The van der Waals surface area contributed by atoms with E-state index in [0.717, 1.165) is 11.8 Å². The summed E-state index contributed by atoms with van der Waals surface area (Å²) >= 11 is 0. The Morgan fingerprint density at radius 1 is 1.00 bits per heavy atom. The van der Waals surface area contributed by atoms with Crippen LogP contribution in [0.3, 0.4) is 0 Å². The molecule has 2 nitrogen and oxygen atoms in total. The second kappa shape index (κ2) is 7.81. The molecular formula is C19H40O2Si. The summed E-state index contributed by atoms with van der Waals surface area (Å²) in [6.45, 7) is 16.6. The fourth-order valence-electron chi connectivity index (χ4n) is 5.29. The summed E-state index contributed by atoms with van der Waals surface area (Å²) in [6.07, 6.45) is 5.20. The summed E-state index contributed by atoms with van der Waals surface area (Å²) in [7, 11) is 1.52. The van der Waals surface area contributed by atoms with Crippen LogP contribution in [-0.4, -0.2) is 22.8 Å². The Bertz CT molecular complexity index is 336. The molecule has 1 fully saturated rings. The molecular weight excluding hydrogens is 288 g/mol. The minimum Gasteiger partial charge on any atom is -0.397 e. The molecule has 22 heavy (non-hydrogen) atoms. The fraction of sp³-hybridized carbons (Fsp3) is 1.00. The molecule has 0 aromatic rings. The van der Waals surface area contributed by atoms with E-state index in [2.05, 4.69) is 48.5 Å². The lowest BCUT2D eigenvalue weighted by atomic mass is 9.86. The molecule has 132 valence electrons. The second-order valence-corrected chi connectivity index (χ2v) is 12.4. The Kier molecular flexibility index (Phi) is 7.16. The Hall–Kier alpha value is 0.137. The van der Waals surface area contributed by atoms with Crippen LogP contribution in [0.25, 0.3) is 0 Å². The van der Waals surface area contributed by atoms with E-state index in [4.69, 9.17) is 8.85 Å². The number of hydrogen-bond acceptors (Lipinski definition) is 2. The fourth-order valence-corrected chi connectivity index (χ4v) is 10.7. The summed E-state index contributed by atoms with van der Waals surface area (Å²) in [5, 5.41) is 0.116. The van der Waals surface area contributed by atoms with Crippen LogP contribution in [0, 0.1) is 23.7 Å². The van der Waals surface area contributed by atoms with Crippen LogP contribution in [0.5, 0.6) is 0 Å². The first-order chi connectivity index (χ1) is 10.2. The molecule has 0 N–H and O–H groups in total. The maximum atomic E-state index is 6.35. The summed E-state index contributed by atoms with van der Waals surface area (Å²) < 4.78 is 12.7. The summed E-state index contributed by atoms with van der Waals surface area (Å²) in [5.41, 5.74) is 0.633. The van der Waals surface area contributed by atoms with Gasteiger partial charge in [-0.05, 0) is 30.1 Å². The topological polar surface area (TPSA) is 18.5 Å². The lowest BCUT2D eigenvalue weighted by Gasteiger charge is -2.51. The normalized spacial score (nSPS) is 28.4. The van der Waals surface area contributed by atoms with Crippen molar-refractivity contribution in [1.82, 2.24) is 0 Å². The minimum atomic E-state index is -2.31. The summed E-state index contributed by atoms with van der Waals surface area (Å²) in [4.78, 5) is 0. The molecule has 1 rings (SSSR count). The SMILES string of the molecule is CCC1CCC([Si](OC)(OC)C(C)(C)C(C)C(C)C)C1CC. The van der Waals surface area contributed by atoms with Crippen molar-refractivity contribution in [1.29, 1.82) is 0 Å². The third-order valence-electron chi connectivity index (χ3n) is 7.10. The largest absolute Gasteiger partial charge is 0.397 e. The molecule has 0 aromatic heterocycles. The molecule has 0 aromatic carbocycles. The van der Waals surface area contributed by atoms with Gasteiger partial charge in [-0.25, -0.2) is 0 Å². The van der Waals surface area contributed by atoms with Crippen molar-refractivity contribution in [3.63, 3.8) is 0 Å². The van der Waals surface area contributed by atoms with E-state index >= 15 is 0 Å². The zero-order valence-electron chi connectivity index (χ0n) is 16.5. The number of hydrogen-bond donors (Lipinski definition) is 0. The molecule has 4 unspecified atom stereocenters. The van der Waals surface area contributed by atoms with Gasteiger partial charge in [-0.2, -0.15) is 0 Å². The molecule has 0 radical (unpaired) electrons. The van der Waals surface area contributed by atoms with Crippen LogP contribution in [0.15, 0.2) is 0 Å². The molecule has 0 aliphatic heterocycles. The van der Waals surface area contributed by atoms with Gasteiger partial charge in [-0.15, -0.1) is 0 Å². The van der Waals surface area contributed by atoms with Crippen LogP contribution in [0.4, 0.5) is 0 Å². The van der Waals surface area contributed by atoms with Gasteiger partial charge in [-0.1, -0.05) is 67.7 Å². The Morgan fingerprint density at radius 2 is 1.55 bits per heavy atom. The quantitative estimate of drug-likeness (QED) is 0.508. The van der Waals surface area contributed by atoms with Gasteiger partial charge in [0.2, 0.25) is 0 Å². The lowest BCUT2D eigenvalue weighted by Crippen LogP contribution is -2.57. The maximum Gasteiger partial charge on any atom is 0.347 e. The third kappa shape index (κ3) is 3.18. The molecule has 4 atom stereocenters. The Morgan fingerprint density at radius 3 is 1.91 bits per heavy atom. The molecule has 0 bridgehead atoms. The standard InChI is InChI=1S/C19H40O2Si/c1-10-16-12-13-18(17(16)11-2)22(20-8,21-9)19(6,7)15(5)14(3)4/h14-18H,10-13H2,1-9H3. The van der Waals surface area contributed by atoms with Crippen LogP contribution >= 0.6 is 0 Å². The first-order valence-electron chi connectivity index (χ1n) is 9.33. The van der Waals surface area contributed by atoms with Crippen LogP contribution in [0.2, 0.25) is 10.6 Å². The highest BCUT2D eigenvalue weighted by Gasteiger charge is 2.62. The molecule has 0 spiro atoms. The van der Waals surface area contributed by atoms with Crippen molar-refractivity contribution in [3.8, 4) is 0 Å². The highest BCUT2D eigenvalue weighted by atomic mass is 28.4. The smallest absolute Gasteiger partial charge is 0.347 e. The van der Waals surface area contributed by atoms with Crippen molar-refractivity contribution in [2.75, 3.05) is 14.2 Å². The van der Waals surface area contributed by atoms with Crippen molar-refractivity contribution in [2.24, 2.45) is 23.7 Å². The van der Waals surface area contributed by atoms with Crippen LogP contribution < -0.4 is 0 Å². The van der Waals surface area contributed by atoms with Crippen molar-refractivity contribution < 1.29 is 8.85 Å². The zero-order chi connectivity index (χ0) is 17.1. The molecule has 3 heteroatoms. The van der Waals surface area contributed by atoms with E-state index in [1.165, 1.54) is 25.7 Å². The van der Waals surface area contributed by atoms with Gasteiger partial charge in [-0.3, -0.25) is 0 Å². The summed E-state index contributed by atoms with van der Waals surface area (Å²) in [6, 6.07) is 0. The molecule has 0 heterocycles. The van der Waals surface area contributed by atoms with E-state index in [-0.39, 0.29) is 5.04 Å². The molecule has 1 aliphatic carbocycles. The van der Waals surface area contributed by atoms with Gasteiger partial charge in [0.25, 0.3) is 0 Å². The Labute approximate surface area is 140 Å². The highest BCUT2D eigenvalue weighted by molar-refractivity contribution is 6.72. The number of rotatable bonds is 8. The first kappa shape index (κ1) is 20.2. The average molecular weight is 329 g/mol. The van der Waals surface area contributed by atoms with Crippen molar-refractivity contribution in [3.05, 3.63) is 0 Å². The monoisotopic (exact) mass is 328 g/mol. The van der Waals surface area contributed by atoms with E-state index < -0.39 is 8.56 Å². The molecule has 1 saturated carbocycles. The van der Waals surface area contributed by atoms with Gasteiger partial charge in [0, 0.05) is 24.8 Å². The van der Waals surface area contributed by atoms with Gasteiger partial charge < -0.3 is 8.85 Å². The third-order valence-corrected chi connectivity index (χ3v) is 12.3. The lowest BCUT2D eigenvalue weighted by molar-refractivity contribution is 0.150. The second-order valence-electron chi connectivity index (χ2n) is 8.25. The van der Waals surface area contributed by atoms with Gasteiger partial charge >= 0.3 is 8.56 Å². The van der Waals surface area contributed by atoms with E-state index in [9.17, 15) is 0 Å².